The van der Waals surface area contributed by atoms with Gasteiger partial charge in [-0.15, -0.1) is 0 Å². The van der Waals surface area contributed by atoms with Crippen LogP contribution < -0.4 is 4.74 Å². The van der Waals surface area contributed by atoms with E-state index >= 15 is 0 Å². The van der Waals surface area contributed by atoms with Gasteiger partial charge >= 0.3 is 0 Å². The van der Waals surface area contributed by atoms with Gasteiger partial charge in [-0.2, -0.15) is 0 Å². The molecule has 19 heavy (non-hydrogen) atoms. The van der Waals surface area contributed by atoms with Crippen molar-refractivity contribution in [2.45, 2.75) is 31.8 Å². The highest BCUT2D eigenvalue weighted by molar-refractivity contribution is 5.27. The summed E-state index contributed by atoms with van der Waals surface area (Å²) in [6, 6.07) is 8.32. The van der Waals surface area contributed by atoms with Crippen molar-refractivity contribution in [3.8, 4) is 5.75 Å². The first-order valence-electron chi connectivity index (χ1n) is 7.31. The van der Waals surface area contributed by atoms with E-state index in [4.69, 9.17) is 14.2 Å². The second kappa shape index (κ2) is 6.40. The van der Waals surface area contributed by atoms with Gasteiger partial charge in [0.1, 0.15) is 12.4 Å². The van der Waals surface area contributed by atoms with Crippen LogP contribution in [0.1, 0.15) is 24.8 Å². The van der Waals surface area contributed by atoms with Gasteiger partial charge in [0.25, 0.3) is 0 Å². The van der Waals surface area contributed by atoms with Crippen molar-refractivity contribution in [1.82, 2.24) is 0 Å². The van der Waals surface area contributed by atoms with Crippen LogP contribution in [0.5, 0.6) is 5.75 Å². The van der Waals surface area contributed by atoms with Crippen molar-refractivity contribution in [3.05, 3.63) is 29.8 Å². The lowest BCUT2D eigenvalue weighted by atomic mass is 10.1. The number of ether oxygens (including phenoxy) is 3. The van der Waals surface area contributed by atoms with Crippen molar-refractivity contribution in [3.63, 3.8) is 0 Å². The molecule has 0 bridgehead atoms. The van der Waals surface area contributed by atoms with Crippen LogP contribution in [0.15, 0.2) is 24.3 Å². The van der Waals surface area contributed by atoms with E-state index in [-0.39, 0.29) is 0 Å². The summed E-state index contributed by atoms with van der Waals surface area (Å²) in [4.78, 5) is 0. The Morgan fingerprint density at radius 2 is 1.84 bits per heavy atom. The molecule has 0 radical (unpaired) electrons. The molecule has 1 aromatic rings. The van der Waals surface area contributed by atoms with E-state index in [1.165, 1.54) is 18.4 Å². The third-order valence-corrected chi connectivity index (χ3v) is 3.74. The third-order valence-electron chi connectivity index (χ3n) is 3.74. The average molecular weight is 262 g/mol. The molecule has 1 heterocycles. The zero-order valence-electron chi connectivity index (χ0n) is 11.3. The van der Waals surface area contributed by atoms with Crippen molar-refractivity contribution in [2.75, 3.05) is 26.4 Å². The molecule has 0 N–H and O–H groups in total. The maximum atomic E-state index is 5.67. The Bertz CT molecular complexity index is 379. The van der Waals surface area contributed by atoms with Gasteiger partial charge in [-0.05, 0) is 42.9 Å². The number of hydrogen-bond acceptors (Lipinski definition) is 3. The van der Waals surface area contributed by atoms with Gasteiger partial charge in [0, 0.05) is 19.6 Å². The molecule has 1 atom stereocenters. The van der Waals surface area contributed by atoms with Crippen LogP contribution in [0.25, 0.3) is 0 Å². The Hall–Kier alpha value is -1.06. The molecule has 2 fully saturated rings. The van der Waals surface area contributed by atoms with Gasteiger partial charge in [0.15, 0.2) is 0 Å². The predicted octanol–water partition coefficient (Wildman–Crippen LogP) is 2.82. The minimum absolute atomic E-state index is 0.301. The fourth-order valence-electron chi connectivity index (χ4n) is 2.08. The molecule has 1 aliphatic heterocycles. The first-order valence-corrected chi connectivity index (χ1v) is 7.31. The van der Waals surface area contributed by atoms with Gasteiger partial charge in [-0.3, -0.25) is 0 Å². The molecule has 3 nitrogen and oxygen atoms in total. The Kier molecular flexibility index (Phi) is 4.36. The molecule has 0 spiro atoms. The lowest BCUT2D eigenvalue weighted by Crippen LogP contribution is -2.32. The lowest BCUT2D eigenvalue weighted by molar-refractivity contribution is -0.0720. The quantitative estimate of drug-likeness (QED) is 0.674. The SMILES string of the molecule is c1cc(OCC2CCO2)ccc1CCOCC1CC1. The monoisotopic (exact) mass is 262 g/mol. The van der Waals surface area contributed by atoms with E-state index in [0.717, 1.165) is 44.3 Å². The first kappa shape index (κ1) is 12.9. The maximum Gasteiger partial charge on any atom is 0.119 e. The van der Waals surface area contributed by atoms with E-state index in [1.807, 2.05) is 12.1 Å². The smallest absolute Gasteiger partial charge is 0.119 e. The molecule has 104 valence electrons. The predicted molar refractivity (Wildman–Crippen MR) is 73.5 cm³/mol. The minimum atomic E-state index is 0.301. The van der Waals surface area contributed by atoms with Crippen LogP contribution in [-0.4, -0.2) is 32.5 Å². The van der Waals surface area contributed by atoms with Gasteiger partial charge in [-0.1, -0.05) is 12.1 Å². The van der Waals surface area contributed by atoms with Gasteiger partial charge in [-0.25, -0.2) is 0 Å². The van der Waals surface area contributed by atoms with Gasteiger partial charge in [0.2, 0.25) is 0 Å². The molecule has 1 aromatic carbocycles. The Balaban J connectivity index is 1.34. The van der Waals surface area contributed by atoms with Crippen molar-refractivity contribution < 1.29 is 14.2 Å². The highest BCUT2D eigenvalue weighted by Crippen LogP contribution is 2.28. The van der Waals surface area contributed by atoms with Crippen LogP contribution in [0.3, 0.4) is 0 Å². The zero-order chi connectivity index (χ0) is 12.9. The van der Waals surface area contributed by atoms with Crippen LogP contribution in [-0.2, 0) is 15.9 Å². The number of rotatable bonds is 8. The van der Waals surface area contributed by atoms with E-state index in [1.54, 1.807) is 0 Å². The molecular formula is C16H22O3. The summed E-state index contributed by atoms with van der Waals surface area (Å²) in [5.41, 5.74) is 1.31. The van der Waals surface area contributed by atoms with Crippen molar-refractivity contribution in [1.29, 1.82) is 0 Å². The van der Waals surface area contributed by atoms with Gasteiger partial charge < -0.3 is 14.2 Å². The molecule has 0 aromatic heterocycles. The summed E-state index contributed by atoms with van der Waals surface area (Å²) in [5, 5.41) is 0. The molecule has 1 aliphatic carbocycles. The van der Waals surface area contributed by atoms with E-state index < -0.39 is 0 Å². The summed E-state index contributed by atoms with van der Waals surface area (Å²) in [5.74, 6) is 1.78. The standard InChI is InChI=1S/C16H22O3/c1-2-14(1)11-17-9-7-13-3-5-15(6-4-13)19-12-16-8-10-18-16/h3-6,14,16H,1-2,7-12H2. The molecule has 1 saturated heterocycles. The average Bonchev–Trinajstić information content (AvgIpc) is 3.19. The minimum Gasteiger partial charge on any atom is -0.491 e. The molecule has 1 unspecified atom stereocenters. The summed E-state index contributed by atoms with van der Waals surface area (Å²) in [6.07, 6.45) is 5.12. The molecule has 1 saturated carbocycles. The van der Waals surface area contributed by atoms with Crippen LogP contribution >= 0.6 is 0 Å². The molecule has 0 amide bonds. The topological polar surface area (TPSA) is 27.7 Å². The Morgan fingerprint density at radius 3 is 2.47 bits per heavy atom. The molecule has 2 aliphatic rings. The fourth-order valence-corrected chi connectivity index (χ4v) is 2.08. The fraction of sp³-hybridized carbons (Fsp3) is 0.625. The van der Waals surface area contributed by atoms with E-state index in [0.29, 0.717) is 12.7 Å². The van der Waals surface area contributed by atoms with Gasteiger partial charge in [0.05, 0.1) is 12.7 Å². The maximum absolute atomic E-state index is 5.67. The number of hydrogen-bond donors (Lipinski definition) is 0. The normalized spacial score (nSPS) is 22.0. The molecular weight excluding hydrogens is 240 g/mol. The summed E-state index contributed by atoms with van der Waals surface area (Å²) in [6.45, 7) is 3.33. The van der Waals surface area contributed by atoms with Crippen LogP contribution in [0, 0.1) is 5.92 Å². The second-order valence-corrected chi connectivity index (χ2v) is 5.50. The number of benzene rings is 1. The Labute approximate surface area is 114 Å². The second-order valence-electron chi connectivity index (χ2n) is 5.50. The molecule has 3 heteroatoms. The van der Waals surface area contributed by atoms with Crippen LogP contribution in [0.2, 0.25) is 0 Å². The van der Waals surface area contributed by atoms with Crippen LogP contribution in [0.4, 0.5) is 0 Å². The third kappa shape index (κ3) is 4.22. The lowest BCUT2D eigenvalue weighted by Gasteiger charge is -2.26. The van der Waals surface area contributed by atoms with E-state index in [9.17, 15) is 0 Å². The summed E-state index contributed by atoms with van der Waals surface area (Å²) in [7, 11) is 0. The zero-order valence-corrected chi connectivity index (χ0v) is 11.3. The summed E-state index contributed by atoms with van der Waals surface area (Å²) >= 11 is 0. The van der Waals surface area contributed by atoms with Crippen molar-refractivity contribution in [2.24, 2.45) is 5.92 Å². The van der Waals surface area contributed by atoms with E-state index in [2.05, 4.69) is 12.1 Å². The Morgan fingerprint density at radius 1 is 1.05 bits per heavy atom. The highest BCUT2D eigenvalue weighted by atomic mass is 16.5. The molecule has 3 rings (SSSR count). The van der Waals surface area contributed by atoms with Crippen molar-refractivity contribution >= 4 is 0 Å². The summed E-state index contributed by atoms with van der Waals surface area (Å²) < 4.78 is 16.6. The first-order chi connectivity index (χ1) is 9.40. The largest absolute Gasteiger partial charge is 0.491 e. The highest BCUT2D eigenvalue weighted by Gasteiger charge is 2.21.